The summed E-state index contributed by atoms with van der Waals surface area (Å²) in [5.41, 5.74) is 0.379. The van der Waals surface area contributed by atoms with Gasteiger partial charge in [0.05, 0.1) is 19.6 Å². The molecule has 4 rings (SSSR count). The number of para-hydroxylation sites is 2. The smallest absolute Gasteiger partial charge is 0.349 e. The van der Waals surface area contributed by atoms with Crippen molar-refractivity contribution in [3.05, 3.63) is 83.0 Å². The van der Waals surface area contributed by atoms with Gasteiger partial charge in [0.15, 0.2) is 23.9 Å². The molecule has 1 aromatic heterocycles. The Morgan fingerprint density at radius 2 is 1.59 bits per heavy atom. The first-order valence-electron chi connectivity index (χ1n) is 9.77. The zero-order valence-electron chi connectivity index (χ0n) is 17.5. The third-order valence-corrected chi connectivity index (χ3v) is 4.72. The Bertz CT molecular complexity index is 1310. The van der Waals surface area contributed by atoms with Crippen LogP contribution in [0.15, 0.2) is 82.0 Å². The minimum Gasteiger partial charge on any atom is -0.493 e. The lowest BCUT2D eigenvalue weighted by atomic mass is 10.1. The van der Waals surface area contributed by atoms with Crippen LogP contribution in [0.1, 0.15) is 0 Å². The Balaban J connectivity index is 1.74. The van der Waals surface area contributed by atoms with Crippen LogP contribution >= 0.6 is 0 Å². The third-order valence-electron chi connectivity index (χ3n) is 4.72. The maximum absolute atomic E-state index is 13.2. The normalized spacial score (nSPS) is 10.6. The number of benzene rings is 3. The summed E-state index contributed by atoms with van der Waals surface area (Å²) in [6.07, 6.45) is 0. The Labute approximate surface area is 183 Å². The number of methoxy groups -OCH3 is 2. The zero-order valence-corrected chi connectivity index (χ0v) is 17.5. The second-order valence-corrected chi connectivity index (χ2v) is 6.73. The molecule has 3 aromatic carbocycles. The van der Waals surface area contributed by atoms with E-state index in [1.807, 2.05) is 6.07 Å². The molecular weight excluding hydrogens is 412 g/mol. The van der Waals surface area contributed by atoms with Gasteiger partial charge in [-0.2, -0.15) is 0 Å². The van der Waals surface area contributed by atoms with Crippen LogP contribution in [-0.4, -0.2) is 26.8 Å². The van der Waals surface area contributed by atoms with Crippen molar-refractivity contribution in [2.24, 2.45) is 0 Å². The molecule has 0 aliphatic heterocycles. The highest BCUT2D eigenvalue weighted by molar-refractivity contribution is 5.85. The van der Waals surface area contributed by atoms with Gasteiger partial charge in [0, 0.05) is 5.56 Å². The van der Waals surface area contributed by atoms with Gasteiger partial charge in [-0.15, -0.1) is 0 Å². The number of carbonyl (C=O) groups is 1. The fourth-order valence-corrected chi connectivity index (χ4v) is 3.19. The predicted molar refractivity (Wildman–Crippen MR) is 119 cm³/mol. The standard InChI is InChI=1S/C25H20O7/c1-28-20-13-12-16(14-21(20)29-2)24-25(23(27)18-10-6-7-11-19(18)31-24)32-22(26)15-30-17-8-4-3-5-9-17/h3-14H,15H2,1-2H3. The molecule has 0 atom stereocenters. The van der Waals surface area contributed by atoms with Crippen molar-refractivity contribution in [3.63, 3.8) is 0 Å². The van der Waals surface area contributed by atoms with Crippen LogP contribution in [0.3, 0.4) is 0 Å². The summed E-state index contributed by atoms with van der Waals surface area (Å²) in [7, 11) is 3.02. The molecule has 0 bridgehead atoms. The molecule has 32 heavy (non-hydrogen) atoms. The van der Waals surface area contributed by atoms with E-state index in [1.165, 1.54) is 14.2 Å². The summed E-state index contributed by atoms with van der Waals surface area (Å²) in [5, 5.41) is 0.295. The van der Waals surface area contributed by atoms with Gasteiger partial charge in [-0.05, 0) is 42.5 Å². The molecule has 7 nitrogen and oxygen atoms in total. The van der Waals surface area contributed by atoms with Gasteiger partial charge in [0.1, 0.15) is 11.3 Å². The van der Waals surface area contributed by atoms with E-state index >= 15 is 0 Å². The molecule has 0 spiro atoms. The number of carbonyl (C=O) groups excluding carboxylic acids is 1. The molecule has 162 valence electrons. The largest absolute Gasteiger partial charge is 0.493 e. The lowest BCUT2D eigenvalue weighted by Crippen LogP contribution is -2.21. The first-order valence-corrected chi connectivity index (χ1v) is 9.77. The predicted octanol–water partition coefficient (Wildman–Crippen LogP) is 4.46. The molecule has 1 heterocycles. The van der Waals surface area contributed by atoms with Crippen LogP contribution < -0.4 is 24.4 Å². The van der Waals surface area contributed by atoms with E-state index in [4.69, 9.17) is 23.4 Å². The number of rotatable bonds is 7. The molecule has 7 heteroatoms. The molecule has 0 amide bonds. The van der Waals surface area contributed by atoms with Crippen molar-refractivity contribution in [2.45, 2.75) is 0 Å². The van der Waals surface area contributed by atoms with Gasteiger partial charge in [0.2, 0.25) is 11.2 Å². The second-order valence-electron chi connectivity index (χ2n) is 6.73. The van der Waals surface area contributed by atoms with E-state index in [2.05, 4.69) is 0 Å². The Morgan fingerprint density at radius 3 is 2.34 bits per heavy atom. The number of fused-ring (bicyclic) bond motifs is 1. The van der Waals surface area contributed by atoms with Gasteiger partial charge < -0.3 is 23.4 Å². The fraction of sp³-hybridized carbons (Fsp3) is 0.120. The van der Waals surface area contributed by atoms with E-state index in [1.54, 1.807) is 66.7 Å². The number of ether oxygens (including phenoxy) is 4. The summed E-state index contributed by atoms with van der Waals surface area (Å²) < 4.78 is 27.5. The third kappa shape index (κ3) is 4.27. The van der Waals surface area contributed by atoms with Crippen molar-refractivity contribution in [1.29, 1.82) is 0 Å². The SMILES string of the molecule is COc1ccc(-c2oc3ccccc3c(=O)c2OC(=O)COc2ccccc2)cc1OC. The second kappa shape index (κ2) is 9.26. The highest BCUT2D eigenvalue weighted by atomic mass is 16.6. The van der Waals surface area contributed by atoms with Crippen molar-refractivity contribution >= 4 is 16.9 Å². The van der Waals surface area contributed by atoms with Gasteiger partial charge in [-0.3, -0.25) is 4.79 Å². The van der Waals surface area contributed by atoms with E-state index in [0.29, 0.717) is 33.8 Å². The maximum Gasteiger partial charge on any atom is 0.349 e. The average Bonchev–Trinajstić information content (AvgIpc) is 2.84. The first-order chi connectivity index (χ1) is 15.6. The monoisotopic (exact) mass is 432 g/mol. The maximum atomic E-state index is 13.2. The van der Waals surface area contributed by atoms with Gasteiger partial charge in [-0.25, -0.2) is 4.79 Å². The minimum absolute atomic E-state index is 0.0997. The molecule has 0 unspecified atom stereocenters. The summed E-state index contributed by atoms with van der Waals surface area (Å²) >= 11 is 0. The molecule has 0 fully saturated rings. The van der Waals surface area contributed by atoms with Crippen LogP contribution in [0.2, 0.25) is 0 Å². The summed E-state index contributed by atoms with van der Waals surface area (Å²) in [5.74, 6) is 0.591. The van der Waals surface area contributed by atoms with Gasteiger partial charge in [-0.1, -0.05) is 30.3 Å². The Hall–Kier alpha value is -4.26. The highest BCUT2D eigenvalue weighted by Gasteiger charge is 2.22. The van der Waals surface area contributed by atoms with Crippen molar-refractivity contribution in [3.8, 4) is 34.3 Å². The van der Waals surface area contributed by atoms with Crippen LogP contribution in [-0.2, 0) is 4.79 Å². The number of esters is 1. The molecule has 0 N–H and O–H groups in total. The first kappa shape index (κ1) is 21.0. The molecule has 0 saturated heterocycles. The molecule has 4 aromatic rings. The summed E-state index contributed by atoms with van der Waals surface area (Å²) in [6, 6.07) is 20.6. The molecular formula is C25H20O7. The number of hydrogen-bond donors (Lipinski definition) is 0. The van der Waals surface area contributed by atoms with Crippen LogP contribution in [0.5, 0.6) is 23.0 Å². The Kier molecular flexibility index (Phi) is 6.07. The van der Waals surface area contributed by atoms with Crippen molar-refractivity contribution in [2.75, 3.05) is 20.8 Å². The van der Waals surface area contributed by atoms with Crippen LogP contribution in [0, 0.1) is 0 Å². The van der Waals surface area contributed by atoms with Crippen molar-refractivity contribution < 1.29 is 28.2 Å². The van der Waals surface area contributed by atoms with E-state index in [9.17, 15) is 9.59 Å². The quantitative estimate of drug-likeness (QED) is 0.399. The fourth-order valence-electron chi connectivity index (χ4n) is 3.19. The molecule has 0 saturated carbocycles. The van der Waals surface area contributed by atoms with Gasteiger partial charge in [0.25, 0.3) is 0 Å². The highest BCUT2D eigenvalue weighted by Crippen LogP contribution is 2.36. The summed E-state index contributed by atoms with van der Waals surface area (Å²) in [4.78, 5) is 25.7. The zero-order chi connectivity index (χ0) is 22.5. The average molecular weight is 432 g/mol. The van der Waals surface area contributed by atoms with Crippen molar-refractivity contribution in [1.82, 2.24) is 0 Å². The van der Waals surface area contributed by atoms with E-state index in [-0.39, 0.29) is 18.1 Å². The molecule has 0 aliphatic rings. The Morgan fingerprint density at radius 1 is 0.875 bits per heavy atom. The molecule has 0 aliphatic carbocycles. The van der Waals surface area contributed by atoms with Gasteiger partial charge >= 0.3 is 5.97 Å². The lowest BCUT2D eigenvalue weighted by Gasteiger charge is -2.13. The molecule has 0 radical (unpaired) electrons. The lowest BCUT2D eigenvalue weighted by molar-refractivity contribution is -0.136. The van der Waals surface area contributed by atoms with E-state index < -0.39 is 11.4 Å². The minimum atomic E-state index is -0.738. The van der Waals surface area contributed by atoms with E-state index in [0.717, 1.165) is 0 Å². The summed E-state index contributed by atoms with van der Waals surface area (Å²) in [6.45, 7) is -0.373. The van der Waals surface area contributed by atoms with Crippen LogP contribution in [0.25, 0.3) is 22.3 Å². The number of hydrogen-bond acceptors (Lipinski definition) is 7. The topological polar surface area (TPSA) is 84.2 Å². The van der Waals surface area contributed by atoms with Crippen LogP contribution in [0.4, 0.5) is 0 Å².